The van der Waals surface area contributed by atoms with Crippen LogP contribution in [0.15, 0.2) is 63.3 Å². The Hall–Kier alpha value is -5.45. The molecular weight excluding hydrogens is 748 g/mol. The first-order valence-electron chi connectivity index (χ1n) is 18.2. The summed E-state index contributed by atoms with van der Waals surface area (Å²) in [6.07, 6.45) is 6.11. The van der Waals surface area contributed by atoms with Crippen molar-refractivity contribution in [2.45, 2.75) is 71.4 Å². The second kappa shape index (κ2) is 24.2. The zero-order valence-corrected chi connectivity index (χ0v) is 33.5. The van der Waals surface area contributed by atoms with Crippen LogP contribution in [0.25, 0.3) is 0 Å². The Bertz CT molecular complexity index is 1390. The zero-order chi connectivity index (χ0) is 43.1. The van der Waals surface area contributed by atoms with Gasteiger partial charge >= 0.3 is 42.0 Å². The van der Waals surface area contributed by atoms with Crippen LogP contribution in [0.4, 0.5) is 9.59 Å². The Morgan fingerprint density at radius 2 is 0.965 bits per heavy atom. The molecule has 0 aliphatic heterocycles. The highest BCUT2D eigenvalue weighted by molar-refractivity contribution is 5.83. The van der Waals surface area contributed by atoms with Crippen LogP contribution in [0.3, 0.4) is 0 Å². The molecule has 1 aliphatic carbocycles. The number of carbonyl (C=O) groups is 7. The van der Waals surface area contributed by atoms with E-state index in [4.69, 9.17) is 37.9 Å². The Balaban J connectivity index is 3.44. The van der Waals surface area contributed by atoms with Crippen LogP contribution in [0.5, 0.6) is 0 Å². The molecule has 2 atom stereocenters. The molecular formula is C40H58N2O15. The molecule has 0 saturated heterocycles. The molecule has 0 heterocycles. The van der Waals surface area contributed by atoms with Gasteiger partial charge in [-0.05, 0) is 38.0 Å². The average molecular weight is 807 g/mol. The first-order chi connectivity index (χ1) is 26.8. The van der Waals surface area contributed by atoms with E-state index in [1.165, 1.54) is 0 Å². The van der Waals surface area contributed by atoms with Crippen LogP contribution < -0.4 is 10.6 Å². The van der Waals surface area contributed by atoms with E-state index >= 15 is 0 Å². The molecule has 0 spiro atoms. The number of alkyl carbamates (subject to hydrolysis) is 2. The van der Waals surface area contributed by atoms with Gasteiger partial charge in [0.1, 0.15) is 39.6 Å². The molecule has 17 heteroatoms. The van der Waals surface area contributed by atoms with Gasteiger partial charge in [-0.1, -0.05) is 60.1 Å². The zero-order valence-electron chi connectivity index (χ0n) is 33.5. The standard InChI is InChI=1S/C40H58N2O15/c1-10-16-17-51-35(48)41-29-18-37(7,8)20-38(9,19-29)42-36(49)57-28-40(26-55-33(46)14-5,27-56-34(47)15-6)22-50-21-39(23-52-30(43)11-2,24-53-31(44)12-3)25-54-32(45)13-4/h11-15,29H,2-6,10,16-28H2,1,7-9H3,(H,41,48)(H,42,49). The van der Waals surface area contributed by atoms with Crippen molar-refractivity contribution in [3.63, 3.8) is 0 Å². The molecule has 0 aromatic heterocycles. The van der Waals surface area contributed by atoms with Crippen molar-refractivity contribution in [1.82, 2.24) is 10.6 Å². The molecule has 1 fully saturated rings. The van der Waals surface area contributed by atoms with Gasteiger partial charge in [-0.3, -0.25) is 0 Å². The monoisotopic (exact) mass is 806 g/mol. The third kappa shape index (κ3) is 19.3. The lowest BCUT2D eigenvalue weighted by molar-refractivity contribution is -0.166. The summed E-state index contributed by atoms with van der Waals surface area (Å²) >= 11 is 0. The van der Waals surface area contributed by atoms with E-state index < -0.39 is 111 Å². The Morgan fingerprint density at radius 3 is 1.33 bits per heavy atom. The van der Waals surface area contributed by atoms with Crippen LogP contribution in [0.1, 0.15) is 59.8 Å². The number of ether oxygens (including phenoxy) is 8. The molecule has 2 amide bonds. The van der Waals surface area contributed by atoms with Gasteiger partial charge in [0, 0.05) is 42.0 Å². The van der Waals surface area contributed by atoms with E-state index in [1.54, 1.807) is 0 Å². The first-order valence-corrected chi connectivity index (χ1v) is 18.2. The van der Waals surface area contributed by atoms with Gasteiger partial charge in [0.2, 0.25) is 0 Å². The summed E-state index contributed by atoms with van der Waals surface area (Å²) in [5.74, 6) is -4.28. The number of unbranched alkanes of at least 4 members (excludes halogenated alkanes) is 1. The van der Waals surface area contributed by atoms with Crippen LogP contribution in [-0.4, -0.2) is 113 Å². The fraction of sp³-hybridized carbons (Fsp3) is 0.575. The van der Waals surface area contributed by atoms with Gasteiger partial charge < -0.3 is 48.5 Å². The molecule has 0 bridgehead atoms. The maximum atomic E-state index is 13.5. The SMILES string of the molecule is C=CC(=O)OCC(COCC(COC(=O)C=C)(COC(=O)C=C)COC(=O)NC1(C)CC(NC(=O)OCCCC)CC(C)(C)C1)(COC(=O)C=C)COC(=O)C=C. The quantitative estimate of drug-likeness (QED) is 0.0542. The lowest BCUT2D eigenvalue weighted by Gasteiger charge is -2.46. The number of carbonyl (C=O) groups excluding carboxylic acids is 7. The number of rotatable bonds is 26. The smallest absolute Gasteiger partial charge is 0.407 e. The molecule has 1 aliphatic rings. The van der Waals surface area contributed by atoms with E-state index in [9.17, 15) is 33.6 Å². The number of hydrogen-bond acceptors (Lipinski definition) is 15. The minimum Gasteiger partial charge on any atom is -0.462 e. The van der Waals surface area contributed by atoms with E-state index in [2.05, 4.69) is 43.5 Å². The minimum absolute atomic E-state index is 0.283. The van der Waals surface area contributed by atoms with Crippen molar-refractivity contribution < 1.29 is 71.5 Å². The molecule has 2 unspecified atom stereocenters. The Kier molecular flexibility index (Phi) is 21.1. The van der Waals surface area contributed by atoms with Crippen LogP contribution in [0.2, 0.25) is 0 Å². The normalized spacial score (nSPS) is 17.2. The molecule has 17 nitrogen and oxygen atoms in total. The van der Waals surface area contributed by atoms with Gasteiger partial charge in [-0.15, -0.1) is 0 Å². The fourth-order valence-electron chi connectivity index (χ4n) is 6.10. The third-order valence-corrected chi connectivity index (χ3v) is 8.58. The van der Waals surface area contributed by atoms with Crippen LogP contribution >= 0.6 is 0 Å². The van der Waals surface area contributed by atoms with Crippen molar-refractivity contribution in [1.29, 1.82) is 0 Å². The summed E-state index contributed by atoms with van der Waals surface area (Å²) in [6, 6.07) is -0.333. The summed E-state index contributed by atoms with van der Waals surface area (Å²) in [5.41, 5.74) is -4.33. The fourth-order valence-corrected chi connectivity index (χ4v) is 6.10. The summed E-state index contributed by atoms with van der Waals surface area (Å²) in [4.78, 5) is 86.8. The number of esters is 5. The van der Waals surface area contributed by atoms with Gasteiger partial charge in [-0.25, -0.2) is 33.6 Å². The largest absolute Gasteiger partial charge is 0.462 e. The lowest BCUT2D eigenvalue weighted by atomic mass is 9.67. The van der Waals surface area contributed by atoms with Gasteiger partial charge in [0.25, 0.3) is 0 Å². The molecule has 0 aromatic carbocycles. The molecule has 57 heavy (non-hydrogen) atoms. The number of hydrogen-bond donors (Lipinski definition) is 2. The van der Waals surface area contributed by atoms with Gasteiger partial charge in [0.05, 0.1) is 30.7 Å². The van der Waals surface area contributed by atoms with Crippen LogP contribution in [0, 0.1) is 16.2 Å². The Labute approximate surface area is 334 Å². The van der Waals surface area contributed by atoms with Gasteiger partial charge in [0.15, 0.2) is 0 Å². The highest BCUT2D eigenvalue weighted by atomic mass is 16.6. The molecule has 1 saturated carbocycles. The minimum atomic E-state index is -1.60. The molecule has 2 N–H and O–H groups in total. The predicted octanol–water partition coefficient (Wildman–Crippen LogP) is 4.21. The highest BCUT2D eigenvalue weighted by Crippen LogP contribution is 2.41. The van der Waals surface area contributed by atoms with Crippen molar-refractivity contribution >= 4 is 42.0 Å². The summed E-state index contributed by atoms with van der Waals surface area (Å²) < 4.78 is 43.5. The summed E-state index contributed by atoms with van der Waals surface area (Å²) in [6.45, 7) is 20.8. The van der Waals surface area contributed by atoms with Crippen LogP contribution in [-0.2, 0) is 61.9 Å². The van der Waals surface area contributed by atoms with Gasteiger partial charge in [-0.2, -0.15) is 0 Å². The van der Waals surface area contributed by atoms with E-state index in [0.29, 0.717) is 19.3 Å². The van der Waals surface area contributed by atoms with Crippen molar-refractivity contribution in [3.8, 4) is 0 Å². The van der Waals surface area contributed by atoms with E-state index in [1.807, 2.05) is 27.7 Å². The predicted molar refractivity (Wildman–Crippen MR) is 205 cm³/mol. The molecule has 0 radical (unpaired) electrons. The highest BCUT2D eigenvalue weighted by Gasteiger charge is 2.44. The molecule has 1 rings (SSSR count). The second-order valence-corrected chi connectivity index (χ2v) is 14.9. The Morgan fingerprint density at radius 1 is 0.579 bits per heavy atom. The van der Waals surface area contributed by atoms with Crippen molar-refractivity contribution in [2.24, 2.45) is 16.2 Å². The third-order valence-electron chi connectivity index (χ3n) is 8.58. The first kappa shape index (κ1) is 49.6. The van der Waals surface area contributed by atoms with E-state index in [-0.39, 0.29) is 18.1 Å². The molecule has 0 aromatic rings. The lowest BCUT2D eigenvalue weighted by Crippen LogP contribution is -2.58. The van der Waals surface area contributed by atoms with Crippen molar-refractivity contribution in [2.75, 3.05) is 59.5 Å². The summed E-state index contributed by atoms with van der Waals surface area (Å²) in [5, 5.41) is 5.79. The topological polar surface area (TPSA) is 217 Å². The number of nitrogens with one attached hydrogen (secondary N) is 2. The van der Waals surface area contributed by atoms with Crippen molar-refractivity contribution in [3.05, 3.63) is 63.3 Å². The average Bonchev–Trinajstić information content (AvgIpc) is 3.16. The molecule has 318 valence electrons. The number of amides is 2. The maximum absolute atomic E-state index is 13.5. The maximum Gasteiger partial charge on any atom is 0.407 e. The van der Waals surface area contributed by atoms with E-state index in [0.717, 1.165) is 43.2 Å². The summed E-state index contributed by atoms with van der Waals surface area (Å²) in [7, 11) is 0. The second-order valence-electron chi connectivity index (χ2n) is 14.9.